The van der Waals surface area contributed by atoms with E-state index in [9.17, 15) is 4.39 Å². The molecule has 0 N–H and O–H groups in total. The molecule has 0 saturated carbocycles. The summed E-state index contributed by atoms with van der Waals surface area (Å²) in [5, 5.41) is 0. The van der Waals surface area contributed by atoms with E-state index in [-0.39, 0.29) is 11.9 Å². The molecule has 1 fully saturated rings. The lowest BCUT2D eigenvalue weighted by Gasteiger charge is -2.26. The van der Waals surface area contributed by atoms with Gasteiger partial charge in [-0.25, -0.2) is 14.4 Å². The minimum absolute atomic E-state index is 0.195. The fraction of sp³-hybridized carbons (Fsp3) is 0.304. The Morgan fingerprint density at radius 1 is 1.07 bits per heavy atom. The average molecular weight is 376 g/mol. The van der Waals surface area contributed by atoms with Gasteiger partial charge in [-0.15, -0.1) is 0 Å². The molecule has 144 valence electrons. The zero-order chi connectivity index (χ0) is 19.5. The maximum Gasteiger partial charge on any atom is 0.225 e. The van der Waals surface area contributed by atoms with Crippen LogP contribution in [0.2, 0.25) is 0 Å². The van der Waals surface area contributed by atoms with Gasteiger partial charge in [0.25, 0.3) is 0 Å². The van der Waals surface area contributed by atoms with Crippen molar-refractivity contribution < 1.29 is 4.39 Å². The van der Waals surface area contributed by atoms with Crippen molar-refractivity contribution >= 4 is 5.95 Å². The molecule has 2 heterocycles. The second-order valence-corrected chi connectivity index (χ2v) is 7.48. The van der Waals surface area contributed by atoms with Crippen molar-refractivity contribution in [2.24, 2.45) is 0 Å². The van der Waals surface area contributed by atoms with Crippen molar-refractivity contribution in [2.45, 2.75) is 25.4 Å². The summed E-state index contributed by atoms with van der Waals surface area (Å²) in [7, 11) is 3.93. The lowest BCUT2D eigenvalue weighted by molar-refractivity contribution is 0.245. The molecule has 0 radical (unpaired) electrons. The fourth-order valence-electron chi connectivity index (χ4n) is 3.84. The van der Waals surface area contributed by atoms with E-state index in [0.29, 0.717) is 0 Å². The van der Waals surface area contributed by atoms with E-state index < -0.39 is 0 Å². The third-order valence-electron chi connectivity index (χ3n) is 5.27. The summed E-state index contributed by atoms with van der Waals surface area (Å²) in [5.41, 5.74) is 4.42. The number of aromatic nitrogens is 2. The second kappa shape index (κ2) is 8.07. The average Bonchev–Trinajstić information content (AvgIpc) is 3.18. The summed E-state index contributed by atoms with van der Waals surface area (Å²) in [5.74, 6) is 0.530. The Balaban J connectivity index is 1.71. The van der Waals surface area contributed by atoms with Crippen LogP contribution in [-0.2, 0) is 6.54 Å². The quantitative estimate of drug-likeness (QED) is 0.647. The van der Waals surface area contributed by atoms with Crippen LogP contribution in [0.5, 0.6) is 0 Å². The lowest BCUT2D eigenvalue weighted by Crippen LogP contribution is -2.25. The SMILES string of the molecule is CN(C)c1ncc(-c2ccccc2)c([C@@H]2CCCN2Cc2ccc(F)cc2)n1. The number of halogens is 1. The predicted octanol–water partition coefficient (Wildman–Crippen LogP) is 4.69. The molecule has 0 spiro atoms. The Morgan fingerprint density at radius 3 is 2.54 bits per heavy atom. The monoisotopic (exact) mass is 376 g/mol. The Bertz CT molecular complexity index is 925. The van der Waals surface area contributed by atoms with E-state index >= 15 is 0 Å². The molecular weight excluding hydrogens is 351 g/mol. The largest absolute Gasteiger partial charge is 0.347 e. The normalized spacial score (nSPS) is 17.0. The Morgan fingerprint density at radius 2 is 1.82 bits per heavy atom. The van der Waals surface area contributed by atoms with Crippen LogP contribution < -0.4 is 4.90 Å². The van der Waals surface area contributed by atoms with Gasteiger partial charge in [0.1, 0.15) is 5.82 Å². The molecule has 1 saturated heterocycles. The smallest absolute Gasteiger partial charge is 0.225 e. The first kappa shape index (κ1) is 18.6. The van der Waals surface area contributed by atoms with Crippen molar-refractivity contribution in [2.75, 3.05) is 25.5 Å². The molecule has 4 rings (SSSR count). The van der Waals surface area contributed by atoms with Crippen molar-refractivity contribution in [1.29, 1.82) is 0 Å². The van der Waals surface area contributed by atoms with Crippen molar-refractivity contribution in [3.8, 4) is 11.1 Å². The van der Waals surface area contributed by atoms with Crippen LogP contribution in [0.3, 0.4) is 0 Å². The predicted molar refractivity (Wildman–Crippen MR) is 111 cm³/mol. The molecule has 2 aromatic carbocycles. The maximum absolute atomic E-state index is 13.3. The van der Waals surface area contributed by atoms with Crippen LogP contribution in [0.4, 0.5) is 10.3 Å². The number of hydrogen-bond acceptors (Lipinski definition) is 4. The summed E-state index contributed by atoms with van der Waals surface area (Å²) in [4.78, 5) is 13.9. The van der Waals surface area contributed by atoms with Crippen LogP contribution in [0.25, 0.3) is 11.1 Å². The highest BCUT2D eigenvalue weighted by Crippen LogP contribution is 2.37. The van der Waals surface area contributed by atoms with Gasteiger partial charge in [0, 0.05) is 32.4 Å². The minimum atomic E-state index is -0.195. The Hall–Kier alpha value is -2.79. The van der Waals surface area contributed by atoms with Crippen molar-refractivity contribution in [3.05, 3.63) is 77.9 Å². The van der Waals surface area contributed by atoms with Gasteiger partial charge in [0.15, 0.2) is 0 Å². The molecule has 0 bridgehead atoms. The molecule has 28 heavy (non-hydrogen) atoms. The molecular formula is C23H25FN4. The molecule has 3 aromatic rings. The first-order valence-corrected chi connectivity index (χ1v) is 9.70. The number of rotatable bonds is 5. The Kier molecular flexibility index (Phi) is 5.35. The van der Waals surface area contributed by atoms with Crippen molar-refractivity contribution in [3.63, 3.8) is 0 Å². The molecule has 1 aliphatic rings. The van der Waals surface area contributed by atoms with Gasteiger partial charge in [-0.3, -0.25) is 4.90 Å². The van der Waals surface area contributed by atoms with E-state index in [2.05, 4.69) is 22.0 Å². The van der Waals surface area contributed by atoms with E-state index in [1.807, 2.05) is 55.5 Å². The first-order valence-electron chi connectivity index (χ1n) is 9.70. The van der Waals surface area contributed by atoms with Crippen LogP contribution in [0, 0.1) is 5.82 Å². The summed E-state index contributed by atoms with van der Waals surface area (Å²) in [6.07, 6.45) is 4.13. The number of anilines is 1. The standard InChI is InChI=1S/C23H25FN4/c1-27(2)23-25-15-20(18-7-4-3-5-8-18)22(26-23)21-9-6-14-28(21)16-17-10-12-19(24)13-11-17/h3-5,7-8,10-13,15,21H,6,9,14,16H2,1-2H3/t21-/m0/s1. The highest BCUT2D eigenvalue weighted by molar-refractivity contribution is 5.66. The van der Waals surface area contributed by atoms with Gasteiger partial charge in [-0.05, 0) is 42.6 Å². The zero-order valence-corrected chi connectivity index (χ0v) is 16.3. The number of benzene rings is 2. The van der Waals surface area contributed by atoms with Gasteiger partial charge in [0.2, 0.25) is 5.95 Å². The minimum Gasteiger partial charge on any atom is -0.347 e. The molecule has 1 aromatic heterocycles. The van der Waals surface area contributed by atoms with Crippen LogP contribution >= 0.6 is 0 Å². The van der Waals surface area contributed by atoms with Gasteiger partial charge in [0.05, 0.1) is 11.7 Å². The molecule has 5 heteroatoms. The molecule has 4 nitrogen and oxygen atoms in total. The third kappa shape index (κ3) is 3.90. The Labute approximate surface area is 165 Å². The van der Waals surface area contributed by atoms with E-state index in [1.54, 1.807) is 0 Å². The first-order chi connectivity index (χ1) is 13.6. The van der Waals surface area contributed by atoms with Gasteiger partial charge < -0.3 is 4.90 Å². The van der Waals surface area contributed by atoms with Crippen LogP contribution in [0.15, 0.2) is 60.8 Å². The van der Waals surface area contributed by atoms with Gasteiger partial charge >= 0.3 is 0 Å². The molecule has 1 atom stereocenters. The lowest BCUT2D eigenvalue weighted by atomic mass is 9.99. The van der Waals surface area contributed by atoms with Crippen LogP contribution in [-0.4, -0.2) is 35.5 Å². The summed E-state index contributed by atoms with van der Waals surface area (Å²) in [6, 6.07) is 17.4. The number of nitrogens with zero attached hydrogens (tertiary/aromatic N) is 4. The highest BCUT2D eigenvalue weighted by atomic mass is 19.1. The van der Waals surface area contributed by atoms with E-state index in [0.717, 1.165) is 54.3 Å². The fourth-order valence-corrected chi connectivity index (χ4v) is 3.84. The maximum atomic E-state index is 13.3. The molecule has 1 aliphatic heterocycles. The summed E-state index contributed by atoms with van der Waals surface area (Å²) >= 11 is 0. The zero-order valence-electron chi connectivity index (χ0n) is 16.3. The van der Waals surface area contributed by atoms with Crippen LogP contribution in [0.1, 0.15) is 30.1 Å². The molecule has 0 aliphatic carbocycles. The molecule has 0 amide bonds. The summed E-state index contributed by atoms with van der Waals surface area (Å²) < 4.78 is 13.3. The second-order valence-electron chi connectivity index (χ2n) is 7.48. The third-order valence-corrected chi connectivity index (χ3v) is 5.27. The molecule has 0 unspecified atom stereocenters. The highest BCUT2D eigenvalue weighted by Gasteiger charge is 2.30. The summed E-state index contributed by atoms with van der Waals surface area (Å²) in [6.45, 7) is 1.80. The van der Waals surface area contributed by atoms with E-state index in [1.165, 1.54) is 12.1 Å². The van der Waals surface area contributed by atoms with E-state index in [4.69, 9.17) is 4.98 Å². The topological polar surface area (TPSA) is 32.3 Å². The van der Waals surface area contributed by atoms with Crippen molar-refractivity contribution in [1.82, 2.24) is 14.9 Å². The van der Waals surface area contributed by atoms with Gasteiger partial charge in [-0.1, -0.05) is 42.5 Å². The van der Waals surface area contributed by atoms with Gasteiger partial charge in [-0.2, -0.15) is 0 Å². The number of hydrogen-bond donors (Lipinski definition) is 0. The number of likely N-dealkylation sites (tertiary alicyclic amines) is 1.